The molecule has 0 saturated carbocycles. The van der Waals surface area contributed by atoms with Crippen LogP contribution in [0.5, 0.6) is 0 Å². The number of aromatic nitrogens is 1. The molecule has 0 saturated heterocycles. The summed E-state index contributed by atoms with van der Waals surface area (Å²) in [6, 6.07) is 8.17. The number of nitrogens with one attached hydrogen (secondary N) is 1. The molecule has 1 aromatic carbocycles. The van der Waals surface area contributed by atoms with Gasteiger partial charge in [0.1, 0.15) is 0 Å². The standard InChI is InChI=1S/C10H8ClIN2S/c11-10-14-6-7(15-10)5-13-9-4-2-1-3-8(9)12/h1-4,6,13H,5H2. The molecule has 0 aliphatic heterocycles. The number of benzene rings is 1. The predicted molar refractivity (Wildman–Crippen MR) is 73.6 cm³/mol. The number of hydrogen-bond donors (Lipinski definition) is 1. The quantitative estimate of drug-likeness (QED) is 0.846. The predicted octanol–water partition coefficient (Wildman–Crippen LogP) is 4.01. The molecule has 2 aromatic rings. The molecule has 0 spiro atoms. The summed E-state index contributed by atoms with van der Waals surface area (Å²) < 4.78 is 1.81. The largest absolute Gasteiger partial charge is 0.379 e. The zero-order chi connectivity index (χ0) is 10.7. The molecule has 0 bridgehead atoms. The second-order valence-corrected chi connectivity index (χ2v) is 5.77. The third-order valence-corrected chi connectivity index (χ3v) is 3.91. The highest BCUT2D eigenvalue weighted by atomic mass is 127. The second kappa shape index (κ2) is 5.14. The Hall–Kier alpha value is -0.330. The normalized spacial score (nSPS) is 10.3. The van der Waals surface area contributed by atoms with Gasteiger partial charge in [0.25, 0.3) is 0 Å². The van der Waals surface area contributed by atoms with E-state index in [2.05, 4.69) is 45.0 Å². The Morgan fingerprint density at radius 3 is 2.87 bits per heavy atom. The highest BCUT2D eigenvalue weighted by molar-refractivity contribution is 14.1. The Morgan fingerprint density at radius 2 is 2.20 bits per heavy atom. The Labute approximate surface area is 111 Å². The first kappa shape index (κ1) is 11.2. The first-order valence-electron chi connectivity index (χ1n) is 4.34. The summed E-state index contributed by atoms with van der Waals surface area (Å²) in [7, 11) is 0. The highest BCUT2D eigenvalue weighted by Crippen LogP contribution is 2.21. The van der Waals surface area contributed by atoms with E-state index < -0.39 is 0 Å². The van der Waals surface area contributed by atoms with Gasteiger partial charge in [-0.15, -0.1) is 11.3 Å². The van der Waals surface area contributed by atoms with E-state index in [-0.39, 0.29) is 0 Å². The molecule has 2 nitrogen and oxygen atoms in total. The summed E-state index contributed by atoms with van der Waals surface area (Å²) in [6.45, 7) is 0.768. The van der Waals surface area contributed by atoms with Crippen LogP contribution in [0, 0.1) is 3.57 Å². The van der Waals surface area contributed by atoms with E-state index in [1.165, 1.54) is 14.9 Å². The molecule has 0 fully saturated rings. The molecule has 0 atom stereocenters. The second-order valence-electron chi connectivity index (χ2n) is 2.91. The van der Waals surface area contributed by atoms with Crippen molar-refractivity contribution in [2.75, 3.05) is 5.32 Å². The first-order valence-corrected chi connectivity index (χ1v) is 6.61. The maximum Gasteiger partial charge on any atom is 0.183 e. The molecule has 78 valence electrons. The molecule has 0 aliphatic carbocycles. The summed E-state index contributed by atoms with van der Waals surface area (Å²) in [5.41, 5.74) is 1.14. The first-order chi connectivity index (χ1) is 7.25. The summed E-state index contributed by atoms with van der Waals surface area (Å²) in [5.74, 6) is 0. The van der Waals surface area contributed by atoms with Crippen molar-refractivity contribution in [3.8, 4) is 0 Å². The number of rotatable bonds is 3. The lowest BCUT2D eigenvalue weighted by Crippen LogP contribution is -1.98. The van der Waals surface area contributed by atoms with Crippen LogP contribution in [0.3, 0.4) is 0 Å². The van der Waals surface area contributed by atoms with Crippen LogP contribution in [-0.4, -0.2) is 4.98 Å². The van der Waals surface area contributed by atoms with Gasteiger partial charge in [0.15, 0.2) is 4.47 Å². The fourth-order valence-electron chi connectivity index (χ4n) is 1.15. The van der Waals surface area contributed by atoms with Crippen LogP contribution in [-0.2, 0) is 6.54 Å². The molecule has 5 heteroatoms. The Bertz CT molecular complexity index is 458. The number of halogens is 2. The van der Waals surface area contributed by atoms with E-state index >= 15 is 0 Å². The minimum atomic E-state index is 0.592. The topological polar surface area (TPSA) is 24.9 Å². The molecular weight excluding hydrogens is 343 g/mol. The lowest BCUT2D eigenvalue weighted by atomic mass is 10.3. The molecule has 1 aromatic heterocycles. The summed E-state index contributed by atoms with van der Waals surface area (Å²) >= 11 is 9.56. The number of nitrogens with zero attached hydrogens (tertiary/aromatic N) is 1. The maximum absolute atomic E-state index is 5.75. The van der Waals surface area contributed by atoms with Gasteiger partial charge in [-0.25, -0.2) is 4.98 Å². The van der Waals surface area contributed by atoms with E-state index in [0.29, 0.717) is 4.47 Å². The molecule has 0 unspecified atom stereocenters. The van der Waals surface area contributed by atoms with Crippen LogP contribution in [0.15, 0.2) is 30.5 Å². The van der Waals surface area contributed by atoms with Gasteiger partial charge in [-0.05, 0) is 34.7 Å². The van der Waals surface area contributed by atoms with Gasteiger partial charge in [0.05, 0.1) is 6.54 Å². The molecule has 15 heavy (non-hydrogen) atoms. The number of hydrogen-bond acceptors (Lipinski definition) is 3. The molecule has 0 aliphatic rings. The Balaban J connectivity index is 2.02. The zero-order valence-corrected chi connectivity index (χ0v) is 11.4. The average molecular weight is 351 g/mol. The fraction of sp³-hybridized carbons (Fsp3) is 0.100. The lowest BCUT2D eigenvalue weighted by Gasteiger charge is -2.05. The maximum atomic E-state index is 5.75. The van der Waals surface area contributed by atoms with Gasteiger partial charge in [-0.1, -0.05) is 23.7 Å². The Kier molecular flexibility index (Phi) is 3.82. The Morgan fingerprint density at radius 1 is 1.40 bits per heavy atom. The molecular formula is C10H8ClIN2S. The smallest absolute Gasteiger partial charge is 0.183 e. The van der Waals surface area contributed by atoms with Crippen molar-refractivity contribution in [3.05, 3.63) is 43.4 Å². The molecule has 0 radical (unpaired) electrons. The van der Waals surface area contributed by atoms with Crippen molar-refractivity contribution in [1.29, 1.82) is 0 Å². The summed E-state index contributed by atoms with van der Waals surface area (Å²) in [6.07, 6.45) is 1.80. The third kappa shape index (κ3) is 3.06. The zero-order valence-electron chi connectivity index (χ0n) is 7.71. The van der Waals surface area contributed by atoms with Crippen molar-refractivity contribution < 1.29 is 0 Å². The third-order valence-electron chi connectivity index (χ3n) is 1.85. The van der Waals surface area contributed by atoms with E-state index in [4.69, 9.17) is 11.6 Å². The number of para-hydroxylation sites is 1. The minimum absolute atomic E-state index is 0.592. The van der Waals surface area contributed by atoms with Crippen molar-refractivity contribution in [3.63, 3.8) is 0 Å². The highest BCUT2D eigenvalue weighted by Gasteiger charge is 2.01. The van der Waals surface area contributed by atoms with E-state index in [1.807, 2.05) is 12.1 Å². The van der Waals surface area contributed by atoms with Crippen LogP contribution in [0.4, 0.5) is 5.69 Å². The van der Waals surface area contributed by atoms with E-state index in [9.17, 15) is 0 Å². The average Bonchev–Trinajstić information content (AvgIpc) is 2.63. The van der Waals surface area contributed by atoms with Crippen molar-refractivity contribution in [2.24, 2.45) is 0 Å². The lowest BCUT2D eigenvalue weighted by molar-refractivity contribution is 1.17. The SMILES string of the molecule is Clc1ncc(CNc2ccccc2I)s1. The van der Waals surface area contributed by atoms with E-state index in [1.54, 1.807) is 6.20 Å². The molecule has 2 rings (SSSR count). The summed E-state index contributed by atoms with van der Waals surface area (Å²) in [4.78, 5) is 5.13. The van der Waals surface area contributed by atoms with Crippen molar-refractivity contribution >= 4 is 51.2 Å². The van der Waals surface area contributed by atoms with Gasteiger partial charge in [0, 0.05) is 20.3 Å². The fourth-order valence-corrected chi connectivity index (χ4v) is 2.65. The van der Waals surface area contributed by atoms with Gasteiger partial charge in [-0.3, -0.25) is 0 Å². The van der Waals surface area contributed by atoms with Crippen LogP contribution >= 0.6 is 45.5 Å². The van der Waals surface area contributed by atoms with Crippen LogP contribution < -0.4 is 5.32 Å². The van der Waals surface area contributed by atoms with Gasteiger partial charge < -0.3 is 5.32 Å². The summed E-state index contributed by atoms with van der Waals surface area (Å²) in [5, 5.41) is 3.35. The van der Waals surface area contributed by atoms with E-state index in [0.717, 1.165) is 17.1 Å². The van der Waals surface area contributed by atoms with Gasteiger partial charge in [0.2, 0.25) is 0 Å². The van der Waals surface area contributed by atoms with Gasteiger partial charge in [-0.2, -0.15) is 0 Å². The minimum Gasteiger partial charge on any atom is -0.379 e. The molecule has 1 N–H and O–H groups in total. The van der Waals surface area contributed by atoms with Crippen LogP contribution in [0.1, 0.15) is 4.88 Å². The molecule has 0 amide bonds. The van der Waals surface area contributed by atoms with Crippen molar-refractivity contribution in [1.82, 2.24) is 4.98 Å². The van der Waals surface area contributed by atoms with Gasteiger partial charge >= 0.3 is 0 Å². The van der Waals surface area contributed by atoms with Crippen LogP contribution in [0.25, 0.3) is 0 Å². The number of thiazole rings is 1. The molecule has 1 heterocycles. The van der Waals surface area contributed by atoms with Crippen molar-refractivity contribution in [2.45, 2.75) is 6.54 Å². The monoisotopic (exact) mass is 350 g/mol. The van der Waals surface area contributed by atoms with Crippen LogP contribution in [0.2, 0.25) is 4.47 Å². The number of anilines is 1.